The molecule has 6 aromatic rings. The van der Waals surface area contributed by atoms with E-state index in [0.29, 0.717) is 0 Å². The first kappa shape index (κ1) is 16.3. The van der Waals surface area contributed by atoms with Crippen LogP contribution in [0.2, 0.25) is 0 Å². The van der Waals surface area contributed by atoms with E-state index < -0.39 is 0 Å². The van der Waals surface area contributed by atoms with Gasteiger partial charge in [0.05, 0.1) is 30.6 Å². The minimum Gasteiger partial charge on any atom is -0.310 e. The van der Waals surface area contributed by atoms with Gasteiger partial charge in [0.15, 0.2) is 0 Å². The minimum absolute atomic E-state index is 1.14. The third-order valence-electron chi connectivity index (χ3n) is 5.75. The first-order valence-corrected chi connectivity index (χ1v) is 12.4. The average Bonchev–Trinajstić information content (AvgIpc) is 3.54. The lowest BCUT2D eigenvalue weighted by atomic mass is 10.3. The van der Waals surface area contributed by atoms with E-state index in [0.717, 1.165) is 6.42 Å². The molecule has 0 atom stereocenters. The number of aromatic nitrogens is 2. The Morgan fingerprint density at radius 1 is 0.690 bits per heavy atom. The minimum atomic E-state index is 1.14. The van der Waals surface area contributed by atoms with Gasteiger partial charge in [-0.05, 0) is 42.1 Å². The summed E-state index contributed by atoms with van der Waals surface area (Å²) in [5.74, 6) is 1.18. The predicted molar refractivity (Wildman–Crippen MR) is 128 cm³/mol. The number of nitrogens with zero attached hydrogens (tertiary/aromatic N) is 2. The van der Waals surface area contributed by atoms with Crippen LogP contribution in [0.25, 0.3) is 42.0 Å². The number of thiophene rings is 2. The quantitative estimate of drug-likeness (QED) is 0.278. The molecule has 5 heteroatoms. The van der Waals surface area contributed by atoms with Gasteiger partial charge >= 0.3 is 0 Å². The van der Waals surface area contributed by atoms with Gasteiger partial charge in [-0.15, -0.1) is 34.4 Å². The van der Waals surface area contributed by atoms with Crippen molar-refractivity contribution in [2.45, 2.75) is 11.3 Å². The van der Waals surface area contributed by atoms with Crippen molar-refractivity contribution < 1.29 is 0 Å². The maximum absolute atomic E-state index is 2.53. The lowest BCUT2D eigenvalue weighted by Gasteiger charge is -2.11. The zero-order chi connectivity index (χ0) is 18.9. The molecule has 0 amide bonds. The molecule has 0 spiro atoms. The summed E-state index contributed by atoms with van der Waals surface area (Å²) < 4.78 is 9.28. The van der Waals surface area contributed by atoms with Crippen molar-refractivity contribution in [1.29, 1.82) is 0 Å². The molecule has 1 aliphatic rings. The Morgan fingerprint density at radius 2 is 1.38 bits per heavy atom. The second-order valence-electron chi connectivity index (χ2n) is 7.31. The zero-order valence-corrected chi connectivity index (χ0v) is 17.9. The standard InChI is InChI=1S/C24H16N2S3/c1-3-7-15(8-4-1)25-17-11-13-27-21(17)23-19(25)20-24(29-23)22-18(12-14-28-22)26(20)16-9-5-2-6-10-16/h1-11,13H,12,14H2. The highest BCUT2D eigenvalue weighted by Crippen LogP contribution is 2.51. The van der Waals surface area contributed by atoms with Crippen LogP contribution in [0.1, 0.15) is 5.69 Å². The molecule has 4 aromatic heterocycles. The normalized spacial score (nSPS) is 13.8. The molecule has 0 saturated carbocycles. The number of hydrogen-bond donors (Lipinski definition) is 0. The predicted octanol–water partition coefficient (Wildman–Crippen LogP) is 7.50. The summed E-state index contributed by atoms with van der Waals surface area (Å²) in [7, 11) is 0. The van der Waals surface area contributed by atoms with E-state index in [4.69, 9.17) is 0 Å². The van der Waals surface area contributed by atoms with E-state index in [1.807, 2.05) is 34.4 Å². The van der Waals surface area contributed by atoms with Crippen molar-refractivity contribution in [1.82, 2.24) is 9.13 Å². The van der Waals surface area contributed by atoms with Gasteiger partial charge in [-0.2, -0.15) is 0 Å². The molecule has 0 unspecified atom stereocenters. The maximum atomic E-state index is 2.53. The summed E-state index contributed by atoms with van der Waals surface area (Å²) in [5.41, 5.74) is 8.04. The Balaban J connectivity index is 1.72. The summed E-state index contributed by atoms with van der Waals surface area (Å²) in [6, 6.07) is 23.9. The van der Waals surface area contributed by atoms with Gasteiger partial charge in [0.2, 0.25) is 0 Å². The molecular formula is C24H16N2S3. The molecule has 0 N–H and O–H groups in total. The van der Waals surface area contributed by atoms with Gasteiger partial charge in [-0.1, -0.05) is 36.4 Å². The SMILES string of the molecule is c1ccc(-n2c3c(c4sc5c6sccc6n(-c6ccccc6)c5c42)SCC3)cc1. The lowest BCUT2D eigenvalue weighted by Crippen LogP contribution is -2.01. The van der Waals surface area contributed by atoms with Gasteiger partial charge in [-0.3, -0.25) is 0 Å². The van der Waals surface area contributed by atoms with Crippen molar-refractivity contribution in [3.05, 3.63) is 77.8 Å². The van der Waals surface area contributed by atoms with E-state index in [-0.39, 0.29) is 0 Å². The van der Waals surface area contributed by atoms with Crippen LogP contribution in [-0.2, 0) is 6.42 Å². The third kappa shape index (κ3) is 2.13. The van der Waals surface area contributed by atoms with Gasteiger partial charge in [0, 0.05) is 27.7 Å². The highest BCUT2D eigenvalue weighted by Gasteiger charge is 2.29. The van der Waals surface area contributed by atoms with Gasteiger partial charge in [-0.25, -0.2) is 0 Å². The smallest absolute Gasteiger partial charge is 0.0907 e. The Hall–Kier alpha value is -2.47. The molecule has 2 aromatic carbocycles. The summed E-state index contributed by atoms with van der Waals surface area (Å²) in [6.07, 6.45) is 1.14. The fraction of sp³-hybridized carbons (Fsp3) is 0.0833. The molecule has 7 rings (SSSR count). The molecule has 0 radical (unpaired) electrons. The highest BCUT2D eigenvalue weighted by molar-refractivity contribution is 8.00. The van der Waals surface area contributed by atoms with Gasteiger partial charge in [0.25, 0.3) is 0 Å². The molecule has 0 saturated heterocycles. The van der Waals surface area contributed by atoms with Crippen LogP contribution in [0, 0.1) is 0 Å². The molecule has 140 valence electrons. The maximum Gasteiger partial charge on any atom is 0.0907 e. The highest BCUT2D eigenvalue weighted by atomic mass is 32.2. The number of rotatable bonds is 2. The fourth-order valence-corrected chi connectivity index (χ4v) is 8.26. The first-order valence-electron chi connectivity index (χ1n) is 9.73. The third-order valence-corrected chi connectivity index (χ3v) is 9.27. The lowest BCUT2D eigenvalue weighted by molar-refractivity contribution is 0.959. The van der Waals surface area contributed by atoms with Crippen molar-refractivity contribution in [2.75, 3.05) is 5.75 Å². The van der Waals surface area contributed by atoms with Crippen molar-refractivity contribution in [3.8, 4) is 11.4 Å². The molecule has 29 heavy (non-hydrogen) atoms. The zero-order valence-electron chi connectivity index (χ0n) is 15.5. The second kappa shape index (κ2) is 6.02. The number of para-hydroxylation sites is 2. The summed E-state index contributed by atoms with van der Waals surface area (Å²) in [4.78, 5) is 1.49. The van der Waals surface area contributed by atoms with Crippen LogP contribution < -0.4 is 0 Å². The summed E-state index contributed by atoms with van der Waals surface area (Å²) in [5, 5.41) is 2.22. The van der Waals surface area contributed by atoms with Crippen LogP contribution in [0.4, 0.5) is 0 Å². The Bertz CT molecular complexity index is 1510. The average molecular weight is 429 g/mol. The number of fused-ring (bicyclic) bond motifs is 7. The molecular weight excluding hydrogens is 412 g/mol. The van der Waals surface area contributed by atoms with Crippen LogP contribution in [0.15, 0.2) is 77.0 Å². The summed E-state index contributed by atoms with van der Waals surface area (Å²) >= 11 is 5.86. The van der Waals surface area contributed by atoms with Gasteiger partial charge in [0.1, 0.15) is 0 Å². The fourth-order valence-electron chi connectivity index (χ4n) is 4.60. The van der Waals surface area contributed by atoms with E-state index in [9.17, 15) is 0 Å². The molecule has 5 heterocycles. The number of hydrogen-bond acceptors (Lipinski definition) is 3. The largest absolute Gasteiger partial charge is 0.310 e. The molecule has 1 aliphatic heterocycles. The molecule has 0 bridgehead atoms. The molecule has 0 aliphatic carbocycles. The monoisotopic (exact) mass is 428 g/mol. The van der Waals surface area contributed by atoms with E-state index in [2.05, 4.69) is 81.2 Å². The summed E-state index contributed by atoms with van der Waals surface area (Å²) in [6.45, 7) is 0. The second-order valence-corrected chi connectivity index (χ2v) is 10.4. The van der Waals surface area contributed by atoms with E-state index in [1.165, 1.54) is 58.4 Å². The van der Waals surface area contributed by atoms with Gasteiger partial charge < -0.3 is 9.13 Å². The Kier molecular flexibility index (Phi) is 3.39. The number of thioether (sulfide) groups is 1. The molecule has 2 nitrogen and oxygen atoms in total. The van der Waals surface area contributed by atoms with E-state index >= 15 is 0 Å². The first-order chi connectivity index (χ1) is 14.4. The topological polar surface area (TPSA) is 9.86 Å². The number of benzene rings is 2. The van der Waals surface area contributed by atoms with Crippen LogP contribution in [0.5, 0.6) is 0 Å². The Labute approximate surface area is 180 Å². The molecule has 0 fully saturated rings. The van der Waals surface area contributed by atoms with Crippen molar-refractivity contribution >= 4 is 65.1 Å². The van der Waals surface area contributed by atoms with Crippen LogP contribution in [-0.4, -0.2) is 14.9 Å². The van der Waals surface area contributed by atoms with Crippen LogP contribution in [0.3, 0.4) is 0 Å². The van der Waals surface area contributed by atoms with Crippen molar-refractivity contribution in [2.24, 2.45) is 0 Å². The van der Waals surface area contributed by atoms with Crippen LogP contribution >= 0.6 is 34.4 Å². The van der Waals surface area contributed by atoms with E-state index in [1.54, 1.807) is 0 Å². The van der Waals surface area contributed by atoms with Crippen molar-refractivity contribution in [3.63, 3.8) is 0 Å². The Morgan fingerprint density at radius 3 is 2.14 bits per heavy atom.